The van der Waals surface area contributed by atoms with E-state index in [2.05, 4.69) is 57.2 Å². The first kappa shape index (κ1) is 41.8. The molecule has 11 heteroatoms. The van der Waals surface area contributed by atoms with Crippen LogP contribution in [0.2, 0.25) is 0 Å². The van der Waals surface area contributed by atoms with Crippen molar-refractivity contribution in [3.05, 3.63) is 58.5 Å². The summed E-state index contributed by atoms with van der Waals surface area (Å²) >= 11 is 1.22. The van der Waals surface area contributed by atoms with Gasteiger partial charge in [-0.1, -0.05) is 47.3 Å². The number of ketones is 1. The second-order valence-corrected chi connectivity index (χ2v) is 16.1. The number of anilines is 1. The molecule has 53 heavy (non-hydrogen) atoms. The van der Waals surface area contributed by atoms with Crippen molar-refractivity contribution in [1.82, 2.24) is 14.9 Å². The van der Waals surface area contributed by atoms with Crippen molar-refractivity contribution in [2.24, 2.45) is 11.8 Å². The number of benzene rings is 2. The van der Waals surface area contributed by atoms with E-state index < -0.39 is 11.6 Å². The summed E-state index contributed by atoms with van der Waals surface area (Å²) in [4.78, 5) is 24.5. The molecule has 1 aliphatic rings. The summed E-state index contributed by atoms with van der Waals surface area (Å²) in [5.74, 6) is 0.540. The maximum Gasteiger partial charge on any atom is 0.319 e. The molecule has 2 aromatic heterocycles. The zero-order chi connectivity index (χ0) is 39.3. The average molecular weight is 748 g/mol. The summed E-state index contributed by atoms with van der Waals surface area (Å²) in [6.45, 7) is 20.1. The molecule has 0 saturated carbocycles. The number of carbonyl (C=O) groups is 1. The number of aryl methyl sites for hydroxylation is 2. The number of nitrogens with zero attached hydrogens (tertiary/aromatic N) is 5. The van der Waals surface area contributed by atoms with Crippen molar-refractivity contribution in [2.45, 2.75) is 105 Å². The Morgan fingerprint density at radius 3 is 2.43 bits per heavy atom. The smallest absolute Gasteiger partial charge is 0.319 e. The van der Waals surface area contributed by atoms with Gasteiger partial charge in [0.25, 0.3) is 0 Å². The Hall–Kier alpha value is -3.98. The number of methoxy groups -OCH3 is 1. The van der Waals surface area contributed by atoms with E-state index in [4.69, 9.17) is 19.4 Å². The summed E-state index contributed by atoms with van der Waals surface area (Å²) in [7, 11) is 5.81. The van der Waals surface area contributed by atoms with Gasteiger partial charge in [0.2, 0.25) is 0 Å². The van der Waals surface area contributed by atoms with Gasteiger partial charge in [0, 0.05) is 54.0 Å². The molecule has 1 aliphatic heterocycles. The van der Waals surface area contributed by atoms with Crippen molar-refractivity contribution < 1.29 is 23.0 Å². The fraction of sp³-hybridized carbons (Fsp3) is 0.524. The van der Waals surface area contributed by atoms with E-state index in [-0.39, 0.29) is 41.6 Å². The van der Waals surface area contributed by atoms with E-state index in [1.54, 1.807) is 20.1 Å². The Morgan fingerprint density at radius 1 is 1.21 bits per heavy atom. The van der Waals surface area contributed by atoms with Crippen LogP contribution in [-0.2, 0) is 16.0 Å². The number of hydrogen-bond acceptors (Lipinski definition) is 9. The lowest BCUT2D eigenvalue weighted by Crippen LogP contribution is -2.39. The molecular formula is C42H55F2N5O3S. The average Bonchev–Trinajstić information content (AvgIpc) is 3.67. The Morgan fingerprint density at radius 2 is 1.89 bits per heavy atom. The highest BCUT2D eigenvalue weighted by Gasteiger charge is 2.35. The predicted octanol–water partition coefficient (Wildman–Crippen LogP) is 9.68. The predicted molar refractivity (Wildman–Crippen MR) is 213 cm³/mol. The van der Waals surface area contributed by atoms with Gasteiger partial charge in [-0.2, -0.15) is 15.2 Å². The molecule has 0 amide bonds. The largest absolute Gasteiger partial charge is 0.459 e. The van der Waals surface area contributed by atoms with Gasteiger partial charge < -0.3 is 14.4 Å². The standard InChI is InChI=1S/C38H49F2N5O2S.C4H6O/c1-11-24-16-27-35(34(40)32(24)26-13-14-29(39)36-33(26)28(18-41)23(7)48-36)42-38(47-22(6)31-17-25(46-10)19-44(31)8)43-37(27)45(9)30(21(4)5)15-12-20(2)3;1-3-4(2)5/h13-14,16,20-22,25,30-31H,11-12,15,17,19H2,1-10H3;3H,1H2,2H3. The van der Waals surface area contributed by atoms with Crippen molar-refractivity contribution in [3.63, 3.8) is 0 Å². The third-order valence-corrected chi connectivity index (χ3v) is 11.5. The first-order valence-electron chi connectivity index (χ1n) is 18.5. The number of fused-ring (bicyclic) bond motifs is 2. The number of ether oxygens (including phenoxy) is 2. The first-order chi connectivity index (χ1) is 25.1. The van der Waals surface area contributed by atoms with Crippen molar-refractivity contribution in [2.75, 3.05) is 32.6 Å². The molecule has 1 saturated heterocycles. The fourth-order valence-electron chi connectivity index (χ4n) is 7.34. The lowest BCUT2D eigenvalue weighted by Gasteiger charge is -2.34. The van der Waals surface area contributed by atoms with E-state index in [0.717, 1.165) is 31.4 Å². The number of carbonyl (C=O) groups excluding carboxylic acids is 1. The number of rotatable bonds is 13. The topological polar surface area (TPSA) is 91.6 Å². The molecule has 3 heterocycles. The molecule has 0 spiro atoms. The number of halogens is 2. The molecule has 2 aromatic carbocycles. The van der Waals surface area contributed by atoms with E-state index >= 15 is 8.78 Å². The zero-order valence-electron chi connectivity index (χ0n) is 33.1. The van der Waals surface area contributed by atoms with Crippen molar-refractivity contribution in [3.8, 4) is 23.2 Å². The third kappa shape index (κ3) is 9.05. The Bertz CT molecular complexity index is 1990. The molecule has 1 fully saturated rings. The highest BCUT2D eigenvalue weighted by atomic mass is 32.1. The lowest BCUT2D eigenvalue weighted by molar-refractivity contribution is -0.112. The van der Waals surface area contributed by atoms with Crippen LogP contribution in [-0.4, -0.2) is 72.7 Å². The Kier molecular flexibility index (Phi) is 14.1. The van der Waals surface area contributed by atoms with Crippen LogP contribution in [0.25, 0.3) is 32.1 Å². The van der Waals surface area contributed by atoms with Crippen LogP contribution in [0.1, 0.15) is 83.7 Å². The van der Waals surface area contributed by atoms with Crippen LogP contribution in [0.3, 0.4) is 0 Å². The molecule has 8 nitrogen and oxygen atoms in total. The molecule has 0 aliphatic carbocycles. The fourth-order valence-corrected chi connectivity index (χ4v) is 8.38. The van der Waals surface area contributed by atoms with Crippen LogP contribution >= 0.6 is 11.3 Å². The molecule has 4 unspecified atom stereocenters. The van der Waals surface area contributed by atoms with Gasteiger partial charge in [-0.15, -0.1) is 11.3 Å². The number of allylic oxidation sites excluding steroid dienone is 1. The number of hydrogen-bond donors (Lipinski definition) is 0. The number of aromatic nitrogens is 2. The van der Waals surface area contributed by atoms with E-state index in [9.17, 15) is 10.1 Å². The summed E-state index contributed by atoms with van der Waals surface area (Å²) in [6, 6.07) is 7.50. The van der Waals surface area contributed by atoms with Crippen molar-refractivity contribution >= 4 is 43.9 Å². The van der Waals surface area contributed by atoms with E-state index in [1.807, 2.05) is 27.0 Å². The van der Waals surface area contributed by atoms with Gasteiger partial charge >= 0.3 is 6.01 Å². The SMILES string of the molecule is C=CC(C)=O.CCc1cc2c(N(C)C(CCC(C)C)C(C)C)nc(OC(C)C3CC(OC)CN3C)nc2c(F)c1-c1ccc(F)c2sc(C)c(C#N)c12. The van der Waals surface area contributed by atoms with Gasteiger partial charge in [0.05, 0.1) is 16.4 Å². The maximum absolute atomic E-state index is 17.3. The molecule has 4 atom stereocenters. The Labute approximate surface area is 317 Å². The summed E-state index contributed by atoms with van der Waals surface area (Å²) in [5, 5.41) is 11.1. The Balaban J connectivity index is 0.00000117. The van der Waals surface area contributed by atoms with Gasteiger partial charge in [-0.3, -0.25) is 9.69 Å². The minimum absolute atomic E-state index is 0.0185. The third-order valence-electron chi connectivity index (χ3n) is 10.4. The number of likely N-dealkylation sites (tertiary alicyclic amines) is 1. The zero-order valence-corrected chi connectivity index (χ0v) is 34.0. The first-order valence-corrected chi connectivity index (χ1v) is 19.3. The van der Waals surface area contributed by atoms with Gasteiger partial charge in [0.15, 0.2) is 11.6 Å². The van der Waals surface area contributed by atoms with Gasteiger partial charge in [0.1, 0.15) is 29.3 Å². The number of thiophene rings is 1. The normalized spacial score (nSPS) is 17.2. The molecule has 0 bridgehead atoms. The second-order valence-electron chi connectivity index (χ2n) is 14.9. The molecular weight excluding hydrogens is 693 g/mol. The van der Waals surface area contributed by atoms with E-state index in [1.165, 1.54) is 30.4 Å². The minimum Gasteiger partial charge on any atom is -0.459 e. The summed E-state index contributed by atoms with van der Waals surface area (Å²) in [5.41, 5.74) is 2.07. The molecule has 0 radical (unpaired) electrons. The van der Waals surface area contributed by atoms with Crippen LogP contribution < -0.4 is 9.64 Å². The molecule has 286 valence electrons. The molecule has 0 N–H and O–H groups in total. The van der Waals surface area contributed by atoms with Crippen LogP contribution in [0, 0.1) is 41.7 Å². The highest BCUT2D eigenvalue weighted by molar-refractivity contribution is 7.19. The van der Waals surface area contributed by atoms with Gasteiger partial charge in [-0.05, 0) is 94.7 Å². The minimum atomic E-state index is -0.528. The van der Waals surface area contributed by atoms with Crippen LogP contribution in [0.15, 0.2) is 30.9 Å². The lowest BCUT2D eigenvalue weighted by atomic mass is 9.91. The highest BCUT2D eigenvalue weighted by Crippen LogP contribution is 2.44. The monoisotopic (exact) mass is 747 g/mol. The number of likely N-dealkylation sites (N-methyl/N-ethyl adjacent to an activating group) is 1. The van der Waals surface area contributed by atoms with Crippen molar-refractivity contribution in [1.29, 1.82) is 5.26 Å². The number of nitriles is 1. The van der Waals surface area contributed by atoms with Crippen LogP contribution in [0.5, 0.6) is 6.01 Å². The second kappa shape index (κ2) is 17.9. The summed E-state index contributed by atoms with van der Waals surface area (Å²) < 4.78 is 44.9. The van der Waals surface area contributed by atoms with E-state index in [0.29, 0.717) is 61.1 Å². The molecule has 5 rings (SSSR count). The van der Waals surface area contributed by atoms with Crippen LogP contribution in [0.4, 0.5) is 14.6 Å². The molecule has 4 aromatic rings. The maximum atomic E-state index is 17.3. The summed E-state index contributed by atoms with van der Waals surface area (Å²) in [6.07, 6.45) is 4.43. The van der Waals surface area contributed by atoms with Gasteiger partial charge in [-0.25, -0.2) is 8.78 Å². The quantitative estimate of drug-likeness (QED) is 0.125.